The largest absolute Gasteiger partial charge is 0.316 e. The summed E-state index contributed by atoms with van der Waals surface area (Å²) in [6.07, 6.45) is 4.70. The fourth-order valence-corrected chi connectivity index (χ4v) is 3.70. The molecule has 1 aliphatic rings. The second-order valence-electron chi connectivity index (χ2n) is 5.61. The number of hydrogen-bond acceptors (Lipinski definition) is 3. The Balaban J connectivity index is 2.00. The van der Waals surface area contributed by atoms with E-state index in [0.717, 1.165) is 29.9 Å². The molecule has 0 radical (unpaired) electrons. The first kappa shape index (κ1) is 15.5. The lowest BCUT2D eigenvalue weighted by Gasteiger charge is -2.11. The molecule has 112 valence electrons. The van der Waals surface area contributed by atoms with Crippen LogP contribution in [0.4, 0.5) is 0 Å². The van der Waals surface area contributed by atoms with Crippen molar-refractivity contribution in [3.63, 3.8) is 0 Å². The lowest BCUT2D eigenvalue weighted by atomic mass is 10.1. The number of nitrogens with one attached hydrogen (secondary N) is 2. The molecule has 1 aliphatic carbocycles. The van der Waals surface area contributed by atoms with Crippen molar-refractivity contribution in [3.8, 4) is 0 Å². The molecule has 1 fully saturated rings. The summed E-state index contributed by atoms with van der Waals surface area (Å²) in [4.78, 5) is 0.400. The third kappa shape index (κ3) is 4.30. The van der Waals surface area contributed by atoms with Gasteiger partial charge in [0.2, 0.25) is 10.0 Å². The summed E-state index contributed by atoms with van der Waals surface area (Å²) in [5.74, 6) is 0.847. The van der Waals surface area contributed by atoms with Gasteiger partial charge in [-0.15, -0.1) is 0 Å². The van der Waals surface area contributed by atoms with E-state index < -0.39 is 10.0 Å². The van der Waals surface area contributed by atoms with E-state index in [1.165, 1.54) is 12.8 Å². The fraction of sp³-hybridized carbons (Fsp3) is 0.600. The third-order valence-corrected chi connectivity index (χ3v) is 5.30. The SMILES string of the molecule is CNCc1ccc(C)c(S(=O)(=O)NCCCC2CC2)c1. The number of benzene rings is 1. The minimum absolute atomic E-state index is 0.400. The minimum atomic E-state index is -3.39. The summed E-state index contributed by atoms with van der Waals surface area (Å²) in [7, 11) is -1.54. The predicted molar refractivity (Wildman–Crippen MR) is 81.1 cm³/mol. The molecule has 1 saturated carbocycles. The van der Waals surface area contributed by atoms with Gasteiger partial charge >= 0.3 is 0 Å². The first-order valence-corrected chi connectivity index (χ1v) is 8.75. The van der Waals surface area contributed by atoms with Crippen molar-refractivity contribution in [2.24, 2.45) is 5.92 Å². The van der Waals surface area contributed by atoms with E-state index in [-0.39, 0.29) is 0 Å². The molecule has 0 aromatic heterocycles. The number of rotatable bonds is 8. The molecule has 0 amide bonds. The Morgan fingerprint density at radius 2 is 2.05 bits per heavy atom. The molecule has 0 atom stereocenters. The van der Waals surface area contributed by atoms with Crippen molar-refractivity contribution in [1.29, 1.82) is 0 Å². The molecule has 0 heterocycles. The maximum atomic E-state index is 12.3. The van der Waals surface area contributed by atoms with Gasteiger partial charge in [-0.1, -0.05) is 25.0 Å². The third-order valence-electron chi connectivity index (χ3n) is 3.70. The van der Waals surface area contributed by atoms with E-state index in [2.05, 4.69) is 10.0 Å². The van der Waals surface area contributed by atoms with Crippen LogP contribution in [0.25, 0.3) is 0 Å². The molecule has 2 N–H and O–H groups in total. The van der Waals surface area contributed by atoms with E-state index >= 15 is 0 Å². The van der Waals surface area contributed by atoms with Crippen LogP contribution < -0.4 is 10.0 Å². The van der Waals surface area contributed by atoms with Gasteiger partial charge in [-0.2, -0.15) is 0 Å². The Kier molecular flexibility index (Phi) is 5.18. The highest BCUT2D eigenvalue weighted by Gasteiger charge is 2.21. The van der Waals surface area contributed by atoms with Gasteiger partial charge in [0, 0.05) is 13.1 Å². The lowest BCUT2D eigenvalue weighted by molar-refractivity contribution is 0.572. The summed E-state index contributed by atoms with van der Waals surface area (Å²) >= 11 is 0. The van der Waals surface area contributed by atoms with Crippen molar-refractivity contribution >= 4 is 10.0 Å². The van der Waals surface area contributed by atoms with Crippen molar-refractivity contribution in [2.45, 2.75) is 44.0 Å². The first-order valence-electron chi connectivity index (χ1n) is 7.27. The monoisotopic (exact) mass is 296 g/mol. The van der Waals surface area contributed by atoms with Crippen LogP contribution in [0.1, 0.15) is 36.8 Å². The fourth-order valence-electron chi connectivity index (χ4n) is 2.33. The van der Waals surface area contributed by atoms with E-state index in [9.17, 15) is 8.42 Å². The van der Waals surface area contributed by atoms with Crippen molar-refractivity contribution < 1.29 is 8.42 Å². The highest BCUT2D eigenvalue weighted by Crippen LogP contribution is 2.33. The molecular weight excluding hydrogens is 272 g/mol. The molecule has 0 spiro atoms. The van der Waals surface area contributed by atoms with Crippen molar-refractivity contribution in [1.82, 2.24) is 10.0 Å². The summed E-state index contributed by atoms with van der Waals surface area (Å²) in [5, 5.41) is 3.04. The second kappa shape index (κ2) is 6.70. The van der Waals surface area contributed by atoms with Gasteiger partial charge in [-0.25, -0.2) is 13.1 Å². The van der Waals surface area contributed by atoms with Gasteiger partial charge in [-0.05, 0) is 49.9 Å². The molecule has 5 heteroatoms. The van der Waals surface area contributed by atoms with Crippen LogP contribution in [0.15, 0.2) is 23.1 Å². The molecule has 0 saturated heterocycles. The smallest absolute Gasteiger partial charge is 0.240 e. The van der Waals surface area contributed by atoms with Crippen LogP contribution in [-0.4, -0.2) is 22.0 Å². The predicted octanol–water partition coefficient (Wildman–Crippen LogP) is 2.18. The molecule has 1 aromatic rings. The molecule has 0 bridgehead atoms. The highest BCUT2D eigenvalue weighted by molar-refractivity contribution is 7.89. The van der Waals surface area contributed by atoms with Crippen LogP contribution >= 0.6 is 0 Å². The van der Waals surface area contributed by atoms with Crippen LogP contribution in [0.2, 0.25) is 0 Å². The van der Waals surface area contributed by atoms with E-state index in [1.54, 1.807) is 6.07 Å². The normalized spacial score (nSPS) is 15.5. The van der Waals surface area contributed by atoms with Crippen LogP contribution in [-0.2, 0) is 16.6 Å². The second-order valence-corrected chi connectivity index (χ2v) is 7.35. The van der Waals surface area contributed by atoms with Gasteiger partial charge in [-0.3, -0.25) is 0 Å². The standard InChI is InChI=1S/C15H24N2O2S/c1-12-5-6-14(11-16-2)10-15(12)20(18,19)17-9-3-4-13-7-8-13/h5-6,10,13,16-17H,3-4,7-9,11H2,1-2H3. The average molecular weight is 296 g/mol. The zero-order chi connectivity index (χ0) is 14.6. The van der Waals surface area contributed by atoms with E-state index in [0.29, 0.717) is 18.0 Å². The molecule has 2 rings (SSSR count). The Labute approximate surface area is 122 Å². The summed E-state index contributed by atoms with van der Waals surface area (Å²) in [6, 6.07) is 5.58. The minimum Gasteiger partial charge on any atom is -0.316 e. The number of sulfonamides is 1. The van der Waals surface area contributed by atoms with Crippen LogP contribution in [0, 0.1) is 12.8 Å². The average Bonchev–Trinajstić information content (AvgIpc) is 3.21. The molecule has 0 unspecified atom stereocenters. The Morgan fingerprint density at radius 1 is 1.30 bits per heavy atom. The Morgan fingerprint density at radius 3 is 2.70 bits per heavy atom. The van der Waals surface area contributed by atoms with E-state index in [1.807, 2.05) is 26.1 Å². The maximum absolute atomic E-state index is 12.3. The van der Waals surface area contributed by atoms with Crippen LogP contribution in [0.3, 0.4) is 0 Å². The van der Waals surface area contributed by atoms with E-state index in [4.69, 9.17) is 0 Å². The van der Waals surface area contributed by atoms with Crippen molar-refractivity contribution in [3.05, 3.63) is 29.3 Å². The summed E-state index contributed by atoms with van der Waals surface area (Å²) in [5.41, 5.74) is 1.77. The Hall–Kier alpha value is -0.910. The zero-order valence-electron chi connectivity index (χ0n) is 12.3. The van der Waals surface area contributed by atoms with Gasteiger partial charge in [0.05, 0.1) is 4.90 Å². The van der Waals surface area contributed by atoms with Gasteiger partial charge in [0.15, 0.2) is 0 Å². The molecule has 4 nitrogen and oxygen atoms in total. The summed E-state index contributed by atoms with van der Waals surface area (Å²) < 4.78 is 27.4. The number of hydrogen-bond donors (Lipinski definition) is 2. The first-order chi connectivity index (χ1) is 9.53. The highest BCUT2D eigenvalue weighted by atomic mass is 32.2. The molecular formula is C15H24N2O2S. The lowest BCUT2D eigenvalue weighted by Crippen LogP contribution is -2.25. The van der Waals surface area contributed by atoms with Gasteiger partial charge < -0.3 is 5.32 Å². The van der Waals surface area contributed by atoms with Gasteiger partial charge in [0.1, 0.15) is 0 Å². The zero-order valence-corrected chi connectivity index (χ0v) is 13.1. The van der Waals surface area contributed by atoms with Crippen LogP contribution in [0.5, 0.6) is 0 Å². The molecule has 1 aromatic carbocycles. The van der Waals surface area contributed by atoms with Gasteiger partial charge in [0.25, 0.3) is 0 Å². The maximum Gasteiger partial charge on any atom is 0.240 e. The topological polar surface area (TPSA) is 58.2 Å². The number of aryl methyl sites for hydroxylation is 1. The quantitative estimate of drug-likeness (QED) is 0.723. The molecule has 0 aliphatic heterocycles. The Bertz CT molecular complexity index is 551. The van der Waals surface area contributed by atoms with Crippen molar-refractivity contribution in [2.75, 3.05) is 13.6 Å². The summed E-state index contributed by atoms with van der Waals surface area (Å²) in [6.45, 7) is 3.04. The molecule has 20 heavy (non-hydrogen) atoms.